The number of nitrogens with zero attached hydrogens (tertiary/aromatic N) is 2. The molecule has 10 heteroatoms. The molecule has 10 nitrogen and oxygen atoms in total. The van der Waals surface area contributed by atoms with Crippen molar-refractivity contribution in [3.05, 3.63) is 88.5 Å². The Morgan fingerprint density at radius 2 is 1.85 bits per heavy atom. The highest BCUT2D eigenvalue weighted by Gasteiger charge is 2.36. The van der Waals surface area contributed by atoms with Crippen LogP contribution in [0.3, 0.4) is 0 Å². The number of aromatic nitrogens is 2. The van der Waals surface area contributed by atoms with Crippen LogP contribution in [0.5, 0.6) is 5.75 Å². The van der Waals surface area contributed by atoms with Gasteiger partial charge in [-0.3, -0.25) is 9.36 Å². The summed E-state index contributed by atoms with van der Waals surface area (Å²) in [7, 11) is 1.53. The summed E-state index contributed by atoms with van der Waals surface area (Å²) in [5, 5.41) is 12.9. The van der Waals surface area contributed by atoms with Gasteiger partial charge in [0.1, 0.15) is 30.5 Å². The number of anilines is 1. The van der Waals surface area contributed by atoms with Gasteiger partial charge in [0.25, 0.3) is 5.91 Å². The number of carbonyl (C=O) groups excluding carboxylic acids is 2. The number of aliphatic hydroxyl groups is 1. The predicted molar refractivity (Wildman–Crippen MR) is 121 cm³/mol. The fraction of sp³-hybridized carbons (Fsp3) is 0.250. The number of amides is 1. The summed E-state index contributed by atoms with van der Waals surface area (Å²) in [6, 6.07) is 16.4. The van der Waals surface area contributed by atoms with E-state index in [1.165, 1.54) is 23.9 Å². The highest BCUT2D eigenvalue weighted by molar-refractivity contribution is 6.03. The lowest BCUT2D eigenvalue weighted by Crippen LogP contribution is -2.29. The second-order valence-corrected chi connectivity index (χ2v) is 7.58. The Kier molecular flexibility index (Phi) is 7.00. The minimum Gasteiger partial charge on any atom is -0.497 e. The molecule has 1 aliphatic heterocycles. The number of carbonyl (C=O) groups is 2. The Hall–Kier alpha value is -4.02. The molecule has 3 atom stereocenters. The van der Waals surface area contributed by atoms with E-state index in [0.29, 0.717) is 16.9 Å². The minimum absolute atomic E-state index is 0.0959. The van der Waals surface area contributed by atoms with Crippen LogP contribution in [-0.4, -0.2) is 52.5 Å². The molecule has 0 bridgehead atoms. The van der Waals surface area contributed by atoms with Crippen molar-refractivity contribution in [2.75, 3.05) is 19.0 Å². The number of esters is 1. The summed E-state index contributed by atoms with van der Waals surface area (Å²) in [4.78, 5) is 40.9. The molecule has 0 spiro atoms. The molecular formula is C24H23N3O7. The smallest absolute Gasteiger partial charge is 0.351 e. The van der Waals surface area contributed by atoms with Crippen LogP contribution in [0.4, 0.5) is 5.82 Å². The van der Waals surface area contributed by atoms with E-state index in [1.54, 1.807) is 54.6 Å². The van der Waals surface area contributed by atoms with Crippen molar-refractivity contribution in [3.8, 4) is 5.75 Å². The van der Waals surface area contributed by atoms with Gasteiger partial charge >= 0.3 is 11.7 Å². The quantitative estimate of drug-likeness (QED) is 0.507. The Morgan fingerprint density at radius 3 is 2.53 bits per heavy atom. The first-order valence-corrected chi connectivity index (χ1v) is 10.5. The van der Waals surface area contributed by atoms with Gasteiger partial charge in [-0.25, -0.2) is 9.59 Å². The number of aliphatic hydroxyl groups excluding tert-OH is 1. The molecule has 0 unspecified atom stereocenters. The van der Waals surface area contributed by atoms with Crippen LogP contribution in [-0.2, 0) is 9.47 Å². The van der Waals surface area contributed by atoms with Crippen LogP contribution < -0.4 is 15.7 Å². The van der Waals surface area contributed by atoms with Crippen LogP contribution in [0.15, 0.2) is 71.7 Å². The lowest BCUT2D eigenvalue weighted by molar-refractivity contribution is -0.0531. The van der Waals surface area contributed by atoms with E-state index in [0.717, 1.165) is 0 Å². The first-order valence-electron chi connectivity index (χ1n) is 10.5. The zero-order chi connectivity index (χ0) is 24.1. The van der Waals surface area contributed by atoms with Crippen LogP contribution in [0.1, 0.15) is 33.4 Å². The third kappa shape index (κ3) is 5.30. The third-order valence-corrected chi connectivity index (χ3v) is 5.33. The molecule has 0 radical (unpaired) electrons. The molecule has 2 aromatic carbocycles. The normalized spacial score (nSPS) is 19.4. The molecule has 4 rings (SSSR count). The van der Waals surface area contributed by atoms with Gasteiger partial charge < -0.3 is 24.6 Å². The van der Waals surface area contributed by atoms with E-state index in [4.69, 9.17) is 14.2 Å². The summed E-state index contributed by atoms with van der Waals surface area (Å²) in [6.07, 6.45) is -1.01. The van der Waals surface area contributed by atoms with E-state index >= 15 is 0 Å². The minimum atomic E-state index is -0.946. The van der Waals surface area contributed by atoms with Gasteiger partial charge in [-0.2, -0.15) is 4.98 Å². The highest BCUT2D eigenvalue weighted by atomic mass is 16.6. The van der Waals surface area contributed by atoms with E-state index in [2.05, 4.69) is 10.3 Å². The largest absolute Gasteiger partial charge is 0.497 e. The summed E-state index contributed by atoms with van der Waals surface area (Å²) >= 11 is 0. The van der Waals surface area contributed by atoms with Gasteiger partial charge in [0.05, 0.1) is 18.8 Å². The van der Waals surface area contributed by atoms with Crippen LogP contribution in [0, 0.1) is 0 Å². The number of hydrogen-bond donors (Lipinski definition) is 2. The molecule has 34 heavy (non-hydrogen) atoms. The first kappa shape index (κ1) is 23.1. The first-order chi connectivity index (χ1) is 16.4. The zero-order valence-corrected chi connectivity index (χ0v) is 18.3. The number of benzene rings is 2. The second-order valence-electron chi connectivity index (χ2n) is 7.58. The van der Waals surface area contributed by atoms with Crippen molar-refractivity contribution in [2.24, 2.45) is 0 Å². The van der Waals surface area contributed by atoms with Gasteiger partial charge in [-0.15, -0.1) is 0 Å². The van der Waals surface area contributed by atoms with Crippen LogP contribution >= 0.6 is 0 Å². The van der Waals surface area contributed by atoms with Gasteiger partial charge in [0, 0.05) is 18.2 Å². The van der Waals surface area contributed by atoms with Crippen molar-refractivity contribution in [2.45, 2.75) is 24.9 Å². The lowest BCUT2D eigenvalue weighted by atomic mass is 10.2. The molecule has 1 amide bonds. The maximum absolute atomic E-state index is 12.5. The fourth-order valence-corrected chi connectivity index (χ4v) is 3.48. The average molecular weight is 465 g/mol. The third-order valence-electron chi connectivity index (χ3n) is 5.33. The Labute approximate surface area is 194 Å². The second kappa shape index (κ2) is 10.3. The average Bonchev–Trinajstić information content (AvgIpc) is 3.23. The molecule has 0 saturated carbocycles. The molecule has 1 fully saturated rings. The number of rotatable bonds is 7. The molecule has 1 aliphatic rings. The Bertz CT molecular complexity index is 1210. The molecule has 0 aliphatic carbocycles. The number of methoxy groups -OCH3 is 1. The molecule has 1 saturated heterocycles. The fourth-order valence-electron chi connectivity index (χ4n) is 3.48. The van der Waals surface area contributed by atoms with Crippen molar-refractivity contribution in [3.63, 3.8) is 0 Å². The Morgan fingerprint density at radius 1 is 1.12 bits per heavy atom. The van der Waals surface area contributed by atoms with E-state index in [9.17, 15) is 19.5 Å². The molecule has 1 aromatic heterocycles. The summed E-state index contributed by atoms with van der Waals surface area (Å²) in [5.41, 5.74) is 0.111. The summed E-state index contributed by atoms with van der Waals surface area (Å²) in [5.74, 6) is -0.256. The lowest BCUT2D eigenvalue weighted by Gasteiger charge is -2.16. The van der Waals surface area contributed by atoms with E-state index in [-0.39, 0.29) is 18.8 Å². The summed E-state index contributed by atoms with van der Waals surface area (Å²) < 4.78 is 17.3. The molecule has 2 N–H and O–H groups in total. The highest BCUT2D eigenvalue weighted by Crippen LogP contribution is 2.28. The van der Waals surface area contributed by atoms with Crippen molar-refractivity contribution >= 4 is 17.7 Å². The number of hydrogen-bond acceptors (Lipinski definition) is 8. The van der Waals surface area contributed by atoms with Crippen LogP contribution in [0.25, 0.3) is 0 Å². The van der Waals surface area contributed by atoms with Crippen molar-refractivity contribution in [1.29, 1.82) is 0 Å². The number of nitrogens with one attached hydrogen (secondary N) is 1. The standard InChI is InChI=1S/C24H23N3O7/c1-32-17-9-7-16(8-10-17)23(30)33-14-19-18(28)13-21(34-19)27-12-11-20(26-24(27)31)25-22(29)15-5-3-2-4-6-15/h2-12,18-19,21,28H,13-14H2,1H3,(H,25,26,29,31)/t18-,19+,21+/m0/s1. The molecular weight excluding hydrogens is 442 g/mol. The summed E-state index contributed by atoms with van der Waals surface area (Å²) in [6.45, 7) is -0.185. The zero-order valence-electron chi connectivity index (χ0n) is 18.3. The monoisotopic (exact) mass is 465 g/mol. The Balaban J connectivity index is 1.35. The van der Waals surface area contributed by atoms with Gasteiger partial charge in [-0.05, 0) is 42.5 Å². The van der Waals surface area contributed by atoms with E-state index < -0.39 is 36.0 Å². The molecule has 3 aromatic rings. The van der Waals surface area contributed by atoms with Crippen molar-refractivity contribution in [1.82, 2.24) is 9.55 Å². The number of ether oxygens (including phenoxy) is 3. The topological polar surface area (TPSA) is 129 Å². The molecule has 176 valence electrons. The maximum atomic E-state index is 12.5. The van der Waals surface area contributed by atoms with Crippen molar-refractivity contribution < 1.29 is 28.9 Å². The van der Waals surface area contributed by atoms with Gasteiger partial charge in [-0.1, -0.05) is 18.2 Å². The van der Waals surface area contributed by atoms with Gasteiger partial charge in [0.2, 0.25) is 0 Å². The predicted octanol–water partition coefficient (Wildman–Crippen LogP) is 2.01. The van der Waals surface area contributed by atoms with Gasteiger partial charge in [0.15, 0.2) is 0 Å². The molecule has 2 heterocycles. The SMILES string of the molecule is COc1ccc(C(=O)OC[C@H]2O[C@@H](n3ccc(NC(=O)c4ccccc4)nc3=O)C[C@@H]2O)cc1. The van der Waals surface area contributed by atoms with Crippen LogP contribution in [0.2, 0.25) is 0 Å². The van der Waals surface area contributed by atoms with E-state index in [1.807, 2.05) is 0 Å². The maximum Gasteiger partial charge on any atom is 0.351 e.